The molecule has 0 spiro atoms. The molecule has 186 valence electrons. The largest absolute Gasteiger partial charge is 0.461 e. The summed E-state index contributed by atoms with van der Waals surface area (Å²) in [6.45, 7) is 13.2. The summed E-state index contributed by atoms with van der Waals surface area (Å²) in [6.07, 6.45) is 0.937. The average Bonchev–Trinajstić information content (AvgIpc) is 3.42. The molecule has 0 saturated carbocycles. The van der Waals surface area contributed by atoms with Crippen molar-refractivity contribution in [1.82, 2.24) is 4.98 Å². The normalized spacial score (nSPS) is 12.4. The molecule has 0 radical (unpaired) electrons. The SMILES string of the molecule is Cc1cc2c(-c3ccc4cc(CC(C)C)oc4c3)cc(-c3cc(C(C)(C)C)c4ccccc4c3)nc2o1. The smallest absolute Gasteiger partial charge is 0.227 e. The van der Waals surface area contributed by atoms with Crippen LogP contribution in [0.2, 0.25) is 0 Å². The highest BCUT2D eigenvalue weighted by molar-refractivity contribution is 5.98. The lowest BCUT2D eigenvalue weighted by molar-refractivity contribution is 0.500. The first kappa shape index (κ1) is 23.5. The van der Waals surface area contributed by atoms with Gasteiger partial charge in [0.05, 0.1) is 5.69 Å². The Morgan fingerprint density at radius 2 is 1.59 bits per heavy atom. The molecule has 0 unspecified atom stereocenters. The first-order valence-electron chi connectivity index (χ1n) is 13.1. The number of pyridine rings is 1. The quantitative estimate of drug-likeness (QED) is 0.248. The molecule has 3 aromatic heterocycles. The first-order chi connectivity index (χ1) is 17.7. The van der Waals surface area contributed by atoms with Gasteiger partial charge in [-0.15, -0.1) is 0 Å². The van der Waals surface area contributed by atoms with Gasteiger partial charge in [-0.2, -0.15) is 0 Å². The number of hydrogen-bond donors (Lipinski definition) is 0. The van der Waals surface area contributed by atoms with E-state index in [0.717, 1.165) is 56.7 Å². The third-order valence-corrected chi connectivity index (χ3v) is 7.09. The van der Waals surface area contributed by atoms with Gasteiger partial charge in [0.15, 0.2) is 0 Å². The van der Waals surface area contributed by atoms with Crippen molar-refractivity contribution in [3.8, 4) is 22.4 Å². The van der Waals surface area contributed by atoms with Crippen molar-refractivity contribution < 1.29 is 8.83 Å². The molecule has 0 bridgehead atoms. The maximum Gasteiger partial charge on any atom is 0.227 e. The maximum atomic E-state index is 6.24. The summed E-state index contributed by atoms with van der Waals surface area (Å²) in [6, 6.07) is 26.1. The van der Waals surface area contributed by atoms with E-state index in [4.69, 9.17) is 13.8 Å². The van der Waals surface area contributed by atoms with E-state index in [-0.39, 0.29) is 5.41 Å². The zero-order valence-corrected chi connectivity index (χ0v) is 22.5. The first-order valence-corrected chi connectivity index (χ1v) is 13.1. The van der Waals surface area contributed by atoms with Crippen molar-refractivity contribution in [3.05, 3.63) is 89.9 Å². The maximum absolute atomic E-state index is 6.24. The number of aromatic nitrogens is 1. The van der Waals surface area contributed by atoms with Gasteiger partial charge in [-0.25, -0.2) is 4.98 Å². The van der Waals surface area contributed by atoms with E-state index in [9.17, 15) is 0 Å². The molecule has 3 heterocycles. The molecule has 3 heteroatoms. The van der Waals surface area contributed by atoms with Crippen molar-refractivity contribution in [2.45, 2.75) is 53.4 Å². The van der Waals surface area contributed by atoms with Gasteiger partial charge in [-0.3, -0.25) is 0 Å². The van der Waals surface area contributed by atoms with Crippen LogP contribution in [0.5, 0.6) is 0 Å². The minimum absolute atomic E-state index is 0.00182. The summed E-state index contributed by atoms with van der Waals surface area (Å²) < 4.78 is 12.3. The van der Waals surface area contributed by atoms with Crippen LogP contribution in [0.3, 0.4) is 0 Å². The van der Waals surface area contributed by atoms with Crippen molar-refractivity contribution in [2.24, 2.45) is 5.92 Å². The van der Waals surface area contributed by atoms with E-state index in [1.54, 1.807) is 0 Å². The summed E-state index contributed by atoms with van der Waals surface area (Å²) in [5, 5.41) is 4.66. The second-order valence-electron chi connectivity index (χ2n) is 11.7. The summed E-state index contributed by atoms with van der Waals surface area (Å²) >= 11 is 0. The molecule has 0 amide bonds. The fourth-order valence-corrected chi connectivity index (χ4v) is 5.36. The van der Waals surface area contributed by atoms with Crippen LogP contribution in [0.25, 0.3) is 55.2 Å². The Hall–Kier alpha value is -3.85. The minimum Gasteiger partial charge on any atom is -0.461 e. The zero-order valence-electron chi connectivity index (χ0n) is 22.5. The van der Waals surface area contributed by atoms with Crippen LogP contribution in [0, 0.1) is 12.8 Å². The second kappa shape index (κ2) is 8.62. The number of furan rings is 2. The molecule has 37 heavy (non-hydrogen) atoms. The van der Waals surface area contributed by atoms with E-state index in [0.29, 0.717) is 11.6 Å². The highest BCUT2D eigenvalue weighted by Crippen LogP contribution is 2.38. The van der Waals surface area contributed by atoms with Gasteiger partial charge in [0.25, 0.3) is 0 Å². The van der Waals surface area contributed by atoms with Crippen LogP contribution >= 0.6 is 0 Å². The molecule has 0 aliphatic heterocycles. The molecule has 0 N–H and O–H groups in total. The van der Waals surface area contributed by atoms with Crippen LogP contribution < -0.4 is 0 Å². The van der Waals surface area contributed by atoms with E-state index >= 15 is 0 Å². The van der Waals surface area contributed by atoms with Gasteiger partial charge >= 0.3 is 0 Å². The highest BCUT2D eigenvalue weighted by atomic mass is 16.3. The van der Waals surface area contributed by atoms with Gasteiger partial charge < -0.3 is 8.83 Å². The number of rotatable bonds is 4. The van der Waals surface area contributed by atoms with Crippen LogP contribution in [-0.2, 0) is 11.8 Å². The molecular weight excluding hydrogens is 454 g/mol. The van der Waals surface area contributed by atoms with E-state index < -0.39 is 0 Å². The Labute approximate surface area is 218 Å². The Morgan fingerprint density at radius 3 is 2.38 bits per heavy atom. The lowest BCUT2D eigenvalue weighted by Gasteiger charge is -2.22. The minimum atomic E-state index is 0.00182. The molecular formula is C34H33NO2. The van der Waals surface area contributed by atoms with Crippen molar-refractivity contribution in [1.29, 1.82) is 0 Å². The number of hydrogen-bond acceptors (Lipinski definition) is 3. The molecule has 0 atom stereocenters. The molecule has 0 saturated heterocycles. The standard InChI is InChI=1S/C34H33NO2/c1-20(2)13-26-16-24-12-11-23(18-32(24)37-26)28-19-31(35-33-29(28)14-21(3)36-33)25-15-22-9-7-8-10-27(22)30(17-25)34(4,5)6/h7-12,14-20H,13H2,1-6H3. The van der Waals surface area contributed by atoms with Gasteiger partial charge in [0, 0.05) is 22.8 Å². The fourth-order valence-electron chi connectivity index (χ4n) is 5.36. The molecule has 6 aromatic rings. The molecule has 0 aliphatic carbocycles. The van der Waals surface area contributed by atoms with E-state index in [2.05, 4.69) is 107 Å². The fraction of sp³-hybridized carbons (Fsp3) is 0.265. The van der Waals surface area contributed by atoms with Crippen molar-refractivity contribution in [3.63, 3.8) is 0 Å². The molecule has 3 aromatic carbocycles. The molecule has 0 fully saturated rings. The summed E-state index contributed by atoms with van der Waals surface area (Å²) in [4.78, 5) is 4.99. The Morgan fingerprint density at radius 1 is 0.784 bits per heavy atom. The van der Waals surface area contributed by atoms with Crippen LogP contribution in [0.4, 0.5) is 0 Å². The lowest BCUT2D eigenvalue weighted by atomic mass is 9.82. The number of aryl methyl sites for hydroxylation is 1. The lowest BCUT2D eigenvalue weighted by Crippen LogP contribution is -2.12. The van der Waals surface area contributed by atoms with Gasteiger partial charge in [0.2, 0.25) is 5.71 Å². The van der Waals surface area contributed by atoms with Gasteiger partial charge in [-0.05, 0) is 82.1 Å². The van der Waals surface area contributed by atoms with E-state index in [1.165, 1.54) is 16.3 Å². The highest BCUT2D eigenvalue weighted by Gasteiger charge is 2.20. The van der Waals surface area contributed by atoms with Crippen molar-refractivity contribution in [2.75, 3.05) is 0 Å². The summed E-state index contributed by atoms with van der Waals surface area (Å²) in [5.41, 5.74) is 7.11. The van der Waals surface area contributed by atoms with Crippen molar-refractivity contribution >= 4 is 32.8 Å². The molecule has 0 aliphatic rings. The number of nitrogens with zero attached hydrogens (tertiary/aromatic N) is 1. The second-order valence-corrected chi connectivity index (χ2v) is 11.7. The molecule has 3 nitrogen and oxygen atoms in total. The Kier molecular flexibility index (Phi) is 5.49. The Bertz CT molecular complexity index is 1780. The predicted octanol–water partition coefficient (Wildman–Crippen LogP) is 9.87. The topological polar surface area (TPSA) is 39.2 Å². The molecule has 6 rings (SSSR count). The third-order valence-electron chi connectivity index (χ3n) is 7.09. The predicted molar refractivity (Wildman–Crippen MR) is 154 cm³/mol. The number of benzene rings is 3. The Balaban J connectivity index is 1.56. The van der Waals surface area contributed by atoms with Crippen LogP contribution in [0.15, 0.2) is 81.6 Å². The van der Waals surface area contributed by atoms with Gasteiger partial charge in [-0.1, -0.05) is 71.0 Å². The average molecular weight is 488 g/mol. The number of fused-ring (bicyclic) bond motifs is 3. The van der Waals surface area contributed by atoms with E-state index in [1.807, 2.05) is 6.92 Å². The van der Waals surface area contributed by atoms with Crippen LogP contribution in [-0.4, -0.2) is 4.98 Å². The zero-order chi connectivity index (χ0) is 25.9. The van der Waals surface area contributed by atoms with Gasteiger partial charge in [0.1, 0.15) is 17.1 Å². The van der Waals surface area contributed by atoms with Crippen LogP contribution in [0.1, 0.15) is 51.7 Å². The monoisotopic (exact) mass is 487 g/mol. The summed E-state index contributed by atoms with van der Waals surface area (Å²) in [5.74, 6) is 2.44. The third kappa shape index (κ3) is 4.33. The summed E-state index contributed by atoms with van der Waals surface area (Å²) in [7, 11) is 0.